The number of hydrogen-bond acceptors (Lipinski definition) is 6. The van der Waals surface area contributed by atoms with Crippen LogP contribution in [-0.2, 0) is 17.7 Å². The Morgan fingerprint density at radius 2 is 2.11 bits per heavy atom. The standard InChI is InChI=1S/C19H17ClN4O2S/c1-3-11-9-13-16(12-7-5-6-8-14(12)20)21-10-15-22-17(19(25)26-4-2)23-24(15)18(13)27-11/h5-9H,3-4,10H2,1-2H3. The monoisotopic (exact) mass is 400 g/mol. The number of esters is 1. The molecular weight excluding hydrogens is 384 g/mol. The minimum atomic E-state index is -0.526. The van der Waals surface area contributed by atoms with E-state index < -0.39 is 5.97 Å². The number of nitrogens with zero attached hydrogens (tertiary/aromatic N) is 4. The molecule has 0 radical (unpaired) electrons. The van der Waals surface area contributed by atoms with E-state index in [1.165, 1.54) is 4.88 Å². The third-order valence-electron chi connectivity index (χ3n) is 4.20. The maximum absolute atomic E-state index is 12.0. The SMILES string of the molecule is CCOC(=O)c1nc2n(n1)-c1sc(CC)cc1C(c1ccccc1Cl)=NC2. The van der Waals surface area contributed by atoms with E-state index in [9.17, 15) is 4.79 Å². The van der Waals surface area contributed by atoms with Gasteiger partial charge in [0.1, 0.15) is 5.00 Å². The highest BCUT2D eigenvalue weighted by atomic mass is 35.5. The fourth-order valence-electron chi connectivity index (χ4n) is 2.94. The molecule has 4 rings (SSSR count). The summed E-state index contributed by atoms with van der Waals surface area (Å²) in [5, 5.41) is 5.94. The summed E-state index contributed by atoms with van der Waals surface area (Å²) in [7, 11) is 0. The van der Waals surface area contributed by atoms with Crippen molar-refractivity contribution in [2.75, 3.05) is 6.61 Å². The van der Waals surface area contributed by atoms with Gasteiger partial charge >= 0.3 is 5.97 Å². The number of carbonyl (C=O) groups excluding carboxylic acids is 1. The number of rotatable bonds is 4. The van der Waals surface area contributed by atoms with Gasteiger partial charge in [0.05, 0.1) is 18.9 Å². The molecule has 0 saturated heterocycles. The van der Waals surface area contributed by atoms with E-state index >= 15 is 0 Å². The lowest BCUT2D eigenvalue weighted by Gasteiger charge is -2.07. The molecule has 0 fully saturated rings. The summed E-state index contributed by atoms with van der Waals surface area (Å²) in [6, 6.07) is 9.76. The molecule has 3 aromatic rings. The number of carbonyl (C=O) groups is 1. The fraction of sp³-hybridized carbons (Fsp3) is 0.263. The van der Waals surface area contributed by atoms with E-state index in [2.05, 4.69) is 23.1 Å². The van der Waals surface area contributed by atoms with Crippen molar-refractivity contribution < 1.29 is 9.53 Å². The van der Waals surface area contributed by atoms with Gasteiger partial charge in [-0.2, -0.15) is 0 Å². The Labute approximate surface area is 165 Å². The first kappa shape index (κ1) is 17.9. The van der Waals surface area contributed by atoms with Gasteiger partial charge in [-0.25, -0.2) is 14.5 Å². The highest BCUT2D eigenvalue weighted by Gasteiger charge is 2.27. The van der Waals surface area contributed by atoms with Gasteiger partial charge in [-0.1, -0.05) is 36.7 Å². The molecule has 2 aromatic heterocycles. The van der Waals surface area contributed by atoms with E-state index in [0.29, 0.717) is 17.4 Å². The zero-order chi connectivity index (χ0) is 19.0. The number of fused-ring (bicyclic) bond motifs is 3. The largest absolute Gasteiger partial charge is 0.460 e. The summed E-state index contributed by atoms with van der Waals surface area (Å²) in [6.07, 6.45) is 0.891. The Bertz CT molecular complexity index is 1050. The highest BCUT2D eigenvalue weighted by Crippen LogP contribution is 2.33. The van der Waals surface area contributed by atoms with E-state index in [0.717, 1.165) is 28.3 Å². The van der Waals surface area contributed by atoms with Crippen LogP contribution in [0.1, 0.15) is 46.3 Å². The van der Waals surface area contributed by atoms with Crippen LogP contribution in [0.25, 0.3) is 5.00 Å². The average molecular weight is 401 g/mol. The summed E-state index contributed by atoms with van der Waals surface area (Å²) < 4.78 is 6.74. The summed E-state index contributed by atoms with van der Waals surface area (Å²) in [5.41, 5.74) is 2.64. The van der Waals surface area contributed by atoms with Crippen molar-refractivity contribution in [3.05, 3.63) is 63.0 Å². The molecule has 138 valence electrons. The Kier molecular flexibility index (Phi) is 4.80. The lowest BCUT2D eigenvalue weighted by molar-refractivity contribution is 0.0512. The Hall–Kier alpha value is -2.51. The summed E-state index contributed by atoms with van der Waals surface area (Å²) >= 11 is 8.05. The molecule has 1 aliphatic rings. The van der Waals surface area contributed by atoms with E-state index in [4.69, 9.17) is 21.3 Å². The molecule has 1 aliphatic heterocycles. The van der Waals surface area contributed by atoms with Crippen molar-refractivity contribution in [3.63, 3.8) is 0 Å². The van der Waals surface area contributed by atoms with Crippen molar-refractivity contribution in [2.45, 2.75) is 26.8 Å². The predicted octanol–water partition coefficient (Wildman–Crippen LogP) is 4.07. The Balaban J connectivity index is 1.88. The van der Waals surface area contributed by atoms with Crippen LogP contribution < -0.4 is 0 Å². The molecule has 3 heterocycles. The average Bonchev–Trinajstić information content (AvgIpc) is 3.25. The van der Waals surface area contributed by atoms with Gasteiger partial charge < -0.3 is 4.74 Å². The zero-order valence-corrected chi connectivity index (χ0v) is 16.5. The lowest BCUT2D eigenvalue weighted by Crippen LogP contribution is -2.09. The molecule has 27 heavy (non-hydrogen) atoms. The van der Waals surface area contributed by atoms with Crippen LogP contribution in [0.15, 0.2) is 35.3 Å². The molecule has 0 aliphatic carbocycles. The van der Waals surface area contributed by atoms with E-state index in [-0.39, 0.29) is 12.4 Å². The molecule has 0 unspecified atom stereocenters. The Morgan fingerprint density at radius 3 is 2.85 bits per heavy atom. The van der Waals surface area contributed by atoms with E-state index in [1.54, 1.807) is 22.9 Å². The minimum Gasteiger partial charge on any atom is -0.460 e. The van der Waals surface area contributed by atoms with Gasteiger partial charge in [-0.3, -0.25) is 4.99 Å². The number of benzene rings is 1. The van der Waals surface area contributed by atoms with Crippen molar-refractivity contribution in [1.82, 2.24) is 14.8 Å². The molecule has 0 saturated carbocycles. The van der Waals surface area contributed by atoms with Crippen LogP contribution in [0.3, 0.4) is 0 Å². The lowest BCUT2D eigenvalue weighted by atomic mass is 10.0. The Morgan fingerprint density at radius 1 is 1.30 bits per heavy atom. The van der Waals surface area contributed by atoms with Gasteiger partial charge in [0.2, 0.25) is 0 Å². The summed E-state index contributed by atoms with van der Waals surface area (Å²) in [6.45, 7) is 4.44. The molecule has 0 bridgehead atoms. The van der Waals surface area contributed by atoms with Gasteiger partial charge in [0.15, 0.2) is 5.82 Å². The number of hydrogen-bond donors (Lipinski definition) is 0. The van der Waals surface area contributed by atoms with Crippen LogP contribution in [0, 0.1) is 0 Å². The quantitative estimate of drug-likeness (QED) is 0.619. The second kappa shape index (κ2) is 7.25. The summed E-state index contributed by atoms with van der Waals surface area (Å²) in [5.74, 6) is 0.133. The number of aromatic nitrogens is 3. The number of thiophene rings is 1. The van der Waals surface area contributed by atoms with Crippen LogP contribution >= 0.6 is 22.9 Å². The first-order valence-electron chi connectivity index (χ1n) is 8.68. The van der Waals surface area contributed by atoms with Gasteiger partial charge in [-0.15, -0.1) is 16.4 Å². The smallest absolute Gasteiger partial charge is 0.378 e. The first-order valence-corrected chi connectivity index (χ1v) is 9.87. The topological polar surface area (TPSA) is 69.4 Å². The predicted molar refractivity (Wildman–Crippen MR) is 105 cm³/mol. The molecule has 0 amide bonds. The molecule has 0 atom stereocenters. The molecule has 0 N–H and O–H groups in total. The van der Waals surface area contributed by atoms with Gasteiger partial charge in [0, 0.05) is 21.0 Å². The van der Waals surface area contributed by atoms with Crippen molar-refractivity contribution in [1.29, 1.82) is 0 Å². The first-order chi connectivity index (χ1) is 13.1. The third kappa shape index (κ3) is 3.17. The maximum Gasteiger partial charge on any atom is 0.378 e. The van der Waals surface area contributed by atoms with E-state index in [1.807, 2.05) is 24.3 Å². The van der Waals surface area contributed by atoms with Crippen LogP contribution in [0.2, 0.25) is 5.02 Å². The second-order valence-electron chi connectivity index (χ2n) is 5.91. The fourth-order valence-corrected chi connectivity index (χ4v) is 4.24. The van der Waals surface area contributed by atoms with Crippen molar-refractivity contribution in [2.24, 2.45) is 4.99 Å². The molecular formula is C19H17ClN4O2S. The van der Waals surface area contributed by atoms with Gasteiger partial charge in [0.25, 0.3) is 5.82 Å². The number of aryl methyl sites for hydroxylation is 1. The maximum atomic E-state index is 12.0. The number of aliphatic imine (C=N–C) groups is 1. The third-order valence-corrected chi connectivity index (χ3v) is 5.78. The molecule has 8 heteroatoms. The summed E-state index contributed by atoms with van der Waals surface area (Å²) in [4.78, 5) is 22.4. The normalized spacial score (nSPS) is 12.8. The number of ether oxygens (including phenoxy) is 1. The second-order valence-corrected chi connectivity index (χ2v) is 7.44. The van der Waals surface area contributed by atoms with Gasteiger partial charge in [-0.05, 0) is 25.5 Å². The minimum absolute atomic E-state index is 0.0561. The van der Waals surface area contributed by atoms with Crippen molar-refractivity contribution >= 4 is 34.6 Å². The molecule has 0 spiro atoms. The van der Waals surface area contributed by atoms with Crippen LogP contribution in [0.5, 0.6) is 0 Å². The van der Waals surface area contributed by atoms with Crippen LogP contribution in [-0.4, -0.2) is 33.1 Å². The molecule has 6 nitrogen and oxygen atoms in total. The molecule has 1 aromatic carbocycles. The number of halogens is 1. The van der Waals surface area contributed by atoms with Crippen LogP contribution in [0.4, 0.5) is 0 Å². The highest BCUT2D eigenvalue weighted by molar-refractivity contribution is 7.15. The van der Waals surface area contributed by atoms with Crippen molar-refractivity contribution in [3.8, 4) is 5.00 Å². The zero-order valence-electron chi connectivity index (χ0n) is 14.9.